The first-order valence-corrected chi connectivity index (χ1v) is 9.28. The van der Waals surface area contributed by atoms with E-state index in [4.69, 9.17) is 17.0 Å². The predicted octanol–water partition coefficient (Wildman–Crippen LogP) is 4.01. The lowest BCUT2D eigenvalue weighted by molar-refractivity contribution is -0.119. The van der Waals surface area contributed by atoms with E-state index in [9.17, 15) is 9.18 Å². The number of hydrogen-bond acceptors (Lipinski definition) is 5. The van der Waals surface area contributed by atoms with E-state index in [1.807, 2.05) is 30.3 Å². The summed E-state index contributed by atoms with van der Waals surface area (Å²) in [6.07, 6.45) is 0.233. The van der Waals surface area contributed by atoms with Crippen LogP contribution in [0.3, 0.4) is 0 Å². The van der Waals surface area contributed by atoms with Crippen LogP contribution in [0.5, 0.6) is 5.75 Å². The summed E-state index contributed by atoms with van der Waals surface area (Å²) in [6, 6.07) is 14.0. The van der Waals surface area contributed by atoms with Gasteiger partial charge in [0.2, 0.25) is 5.91 Å². The molecule has 1 amide bonds. The van der Waals surface area contributed by atoms with Crippen LogP contribution in [0.25, 0.3) is 11.3 Å². The first kappa shape index (κ1) is 18.9. The standard InChI is InChI=1S/C19H16FN3O2S2/c1-25-16-8-7-13(10-14(16)20)15-11-27-19(21-15)23-18(26)22-17(24)9-12-5-3-2-4-6-12/h2-8,10-11H,9H2,1H3,(H2,21,22,23,24,26). The molecule has 0 aliphatic heterocycles. The van der Waals surface area contributed by atoms with Crippen LogP contribution in [0.2, 0.25) is 0 Å². The van der Waals surface area contributed by atoms with Gasteiger partial charge in [-0.25, -0.2) is 9.37 Å². The zero-order chi connectivity index (χ0) is 19.2. The van der Waals surface area contributed by atoms with Gasteiger partial charge < -0.3 is 15.4 Å². The minimum Gasteiger partial charge on any atom is -0.494 e. The molecule has 0 aliphatic carbocycles. The zero-order valence-corrected chi connectivity index (χ0v) is 16.0. The first-order chi connectivity index (χ1) is 13.0. The van der Waals surface area contributed by atoms with Gasteiger partial charge in [-0.05, 0) is 36.0 Å². The molecule has 3 aromatic rings. The van der Waals surface area contributed by atoms with Gasteiger partial charge in [-0.15, -0.1) is 11.3 Å². The zero-order valence-electron chi connectivity index (χ0n) is 14.4. The third kappa shape index (κ3) is 5.08. The van der Waals surface area contributed by atoms with Crippen LogP contribution in [0.4, 0.5) is 9.52 Å². The lowest BCUT2D eigenvalue weighted by atomic mass is 10.1. The fraction of sp³-hybridized carbons (Fsp3) is 0.105. The van der Waals surface area contributed by atoms with Crippen LogP contribution in [0, 0.1) is 5.82 Å². The van der Waals surface area contributed by atoms with Gasteiger partial charge >= 0.3 is 0 Å². The minimum absolute atomic E-state index is 0.165. The molecule has 3 rings (SSSR count). The summed E-state index contributed by atoms with van der Waals surface area (Å²) in [6.45, 7) is 0. The molecule has 2 N–H and O–H groups in total. The maximum absolute atomic E-state index is 13.8. The Kier molecular flexibility index (Phi) is 6.10. The Balaban J connectivity index is 1.59. The molecule has 0 radical (unpaired) electrons. The Morgan fingerprint density at radius 3 is 2.74 bits per heavy atom. The Hall–Kier alpha value is -2.84. The van der Waals surface area contributed by atoms with Crippen LogP contribution in [-0.4, -0.2) is 23.1 Å². The lowest BCUT2D eigenvalue weighted by Gasteiger charge is -2.07. The van der Waals surface area contributed by atoms with Crippen LogP contribution < -0.4 is 15.4 Å². The van der Waals surface area contributed by atoms with Gasteiger partial charge in [0.15, 0.2) is 21.8 Å². The molecule has 0 bridgehead atoms. The number of thiazole rings is 1. The van der Waals surface area contributed by atoms with Crippen LogP contribution in [-0.2, 0) is 11.2 Å². The molecule has 1 heterocycles. The molecule has 0 aliphatic rings. The summed E-state index contributed by atoms with van der Waals surface area (Å²) in [7, 11) is 1.41. The Morgan fingerprint density at radius 1 is 1.26 bits per heavy atom. The van der Waals surface area contributed by atoms with E-state index >= 15 is 0 Å². The van der Waals surface area contributed by atoms with Crippen molar-refractivity contribution in [1.82, 2.24) is 10.3 Å². The average molecular weight is 401 g/mol. The smallest absolute Gasteiger partial charge is 0.230 e. The molecule has 8 heteroatoms. The summed E-state index contributed by atoms with van der Waals surface area (Å²) in [5, 5.41) is 7.94. The normalized spacial score (nSPS) is 10.3. The molecule has 1 aromatic heterocycles. The average Bonchev–Trinajstić information content (AvgIpc) is 3.10. The molecule has 0 atom stereocenters. The van der Waals surface area contributed by atoms with Gasteiger partial charge in [0.25, 0.3) is 0 Å². The van der Waals surface area contributed by atoms with Gasteiger partial charge in [0.05, 0.1) is 19.2 Å². The minimum atomic E-state index is -0.457. The number of benzene rings is 2. The topological polar surface area (TPSA) is 63.2 Å². The molecule has 0 spiro atoms. The molecular weight excluding hydrogens is 385 g/mol. The van der Waals surface area contributed by atoms with Gasteiger partial charge in [-0.2, -0.15) is 0 Å². The largest absolute Gasteiger partial charge is 0.494 e. The highest BCUT2D eigenvalue weighted by Crippen LogP contribution is 2.28. The number of aromatic nitrogens is 1. The van der Waals surface area contributed by atoms with Crippen molar-refractivity contribution < 1.29 is 13.9 Å². The van der Waals surface area contributed by atoms with Gasteiger partial charge in [0.1, 0.15) is 0 Å². The molecule has 0 saturated carbocycles. The number of rotatable bonds is 5. The number of methoxy groups -OCH3 is 1. The van der Waals surface area contributed by atoms with Crippen molar-refractivity contribution in [1.29, 1.82) is 0 Å². The van der Waals surface area contributed by atoms with Crippen molar-refractivity contribution in [3.63, 3.8) is 0 Å². The van der Waals surface area contributed by atoms with E-state index in [0.29, 0.717) is 16.4 Å². The molecule has 0 saturated heterocycles. The summed E-state index contributed by atoms with van der Waals surface area (Å²) in [5.41, 5.74) is 2.12. The second-order valence-corrected chi connectivity index (χ2v) is 6.82. The number of ether oxygens (including phenoxy) is 1. The molecule has 5 nitrogen and oxygen atoms in total. The molecular formula is C19H16FN3O2S2. The molecule has 138 valence electrons. The summed E-state index contributed by atoms with van der Waals surface area (Å²) < 4.78 is 18.8. The Morgan fingerprint density at radius 2 is 2.04 bits per heavy atom. The number of nitrogens with one attached hydrogen (secondary N) is 2. The number of carbonyl (C=O) groups excluding carboxylic acids is 1. The number of thiocarbonyl (C=S) groups is 1. The second-order valence-electron chi connectivity index (χ2n) is 5.55. The SMILES string of the molecule is COc1ccc(-c2csc(NC(=S)NC(=O)Cc3ccccc3)n2)cc1F. The van der Waals surface area contributed by atoms with Gasteiger partial charge in [-0.1, -0.05) is 30.3 Å². The van der Waals surface area contributed by atoms with Crippen molar-refractivity contribution in [3.8, 4) is 17.0 Å². The number of nitrogens with zero attached hydrogens (tertiary/aromatic N) is 1. The molecule has 27 heavy (non-hydrogen) atoms. The predicted molar refractivity (Wildman–Crippen MR) is 109 cm³/mol. The second kappa shape index (κ2) is 8.70. The van der Waals surface area contributed by atoms with E-state index < -0.39 is 5.82 Å². The number of halogens is 1. The molecule has 0 unspecified atom stereocenters. The van der Waals surface area contributed by atoms with E-state index in [1.165, 1.54) is 24.5 Å². The molecule has 0 fully saturated rings. The maximum atomic E-state index is 13.8. The third-order valence-corrected chi connectivity index (χ3v) is 4.59. The van der Waals surface area contributed by atoms with E-state index in [1.54, 1.807) is 17.5 Å². The fourth-order valence-corrected chi connectivity index (χ4v) is 3.37. The summed E-state index contributed by atoms with van der Waals surface area (Å²) in [5.74, 6) is -0.497. The van der Waals surface area contributed by atoms with E-state index in [2.05, 4.69) is 15.6 Å². The maximum Gasteiger partial charge on any atom is 0.230 e. The quantitative estimate of drug-likeness (QED) is 0.633. The summed E-state index contributed by atoms with van der Waals surface area (Å²) in [4.78, 5) is 16.4. The van der Waals surface area contributed by atoms with Gasteiger partial charge in [0, 0.05) is 10.9 Å². The van der Waals surface area contributed by atoms with Crippen molar-refractivity contribution in [2.24, 2.45) is 0 Å². The third-order valence-electron chi connectivity index (χ3n) is 3.63. The number of amides is 1. The Bertz CT molecular complexity index is 961. The monoisotopic (exact) mass is 401 g/mol. The van der Waals surface area contributed by atoms with Gasteiger partial charge in [-0.3, -0.25) is 4.79 Å². The number of carbonyl (C=O) groups is 1. The molecule has 2 aromatic carbocycles. The van der Waals surface area contributed by atoms with Crippen LogP contribution >= 0.6 is 23.6 Å². The number of hydrogen-bond donors (Lipinski definition) is 2. The van der Waals surface area contributed by atoms with Crippen molar-refractivity contribution in [2.75, 3.05) is 12.4 Å². The summed E-state index contributed by atoms with van der Waals surface area (Å²) >= 11 is 6.46. The van der Waals surface area contributed by atoms with Crippen molar-refractivity contribution in [3.05, 3.63) is 65.3 Å². The van der Waals surface area contributed by atoms with Crippen molar-refractivity contribution in [2.45, 2.75) is 6.42 Å². The van der Waals surface area contributed by atoms with Crippen LogP contribution in [0.1, 0.15) is 5.56 Å². The highest BCUT2D eigenvalue weighted by atomic mass is 32.1. The highest BCUT2D eigenvalue weighted by Gasteiger charge is 2.11. The highest BCUT2D eigenvalue weighted by molar-refractivity contribution is 7.80. The van der Waals surface area contributed by atoms with E-state index in [0.717, 1.165) is 5.56 Å². The van der Waals surface area contributed by atoms with Crippen molar-refractivity contribution >= 4 is 39.7 Å². The number of anilines is 1. The van der Waals surface area contributed by atoms with E-state index in [-0.39, 0.29) is 23.2 Å². The lowest BCUT2D eigenvalue weighted by Crippen LogP contribution is -2.35. The Labute approximate surface area is 165 Å². The fourth-order valence-electron chi connectivity index (χ4n) is 2.37. The van der Waals surface area contributed by atoms with Crippen LogP contribution in [0.15, 0.2) is 53.9 Å². The first-order valence-electron chi connectivity index (χ1n) is 7.99.